The van der Waals surface area contributed by atoms with Crippen molar-refractivity contribution in [3.05, 3.63) is 58.3 Å². The molecule has 1 aromatic carbocycles. The number of hydrogen-bond acceptors (Lipinski definition) is 3. The SMILES string of the molecule is CC12CCCc3cc(C(=O)Nc4ccc(C#CO)cn4)cc(c31)CCC2. The van der Waals surface area contributed by atoms with E-state index in [1.54, 1.807) is 12.1 Å². The number of aliphatic hydroxyl groups excluding tert-OH is 1. The molecule has 0 saturated heterocycles. The van der Waals surface area contributed by atoms with Crippen molar-refractivity contribution in [1.29, 1.82) is 0 Å². The molecule has 1 heterocycles. The third kappa shape index (κ3) is 2.94. The van der Waals surface area contributed by atoms with Crippen LogP contribution in [0.5, 0.6) is 0 Å². The van der Waals surface area contributed by atoms with Crippen molar-refractivity contribution in [3.8, 4) is 12.0 Å². The Morgan fingerprint density at radius 3 is 2.46 bits per heavy atom. The summed E-state index contributed by atoms with van der Waals surface area (Å²) in [5.41, 5.74) is 5.82. The Balaban J connectivity index is 1.62. The van der Waals surface area contributed by atoms with Crippen molar-refractivity contribution in [2.45, 2.75) is 50.9 Å². The number of benzene rings is 1. The fourth-order valence-electron chi connectivity index (χ4n) is 4.58. The molecule has 1 aromatic heterocycles. The van der Waals surface area contributed by atoms with Gasteiger partial charge in [-0.3, -0.25) is 4.79 Å². The quantitative estimate of drug-likeness (QED) is 0.810. The molecular formula is C22H22N2O2. The van der Waals surface area contributed by atoms with Gasteiger partial charge in [0.25, 0.3) is 5.91 Å². The number of carbonyl (C=O) groups excluding carboxylic acids is 1. The van der Waals surface area contributed by atoms with Crippen LogP contribution in [0, 0.1) is 12.0 Å². The normalized spacial score (nSPS) is 16.8. The van der Waals surface area contributed by atoms with Gasteiger partial charge in [0.1, 0.15) is 11.9 Å². The molecule has 26 heavy (non-hydrogen) atoms. The molecule has 1 amide bonds. The average molecular weight is 346 g/mol. The molecule has 0 radical (unpaired) electrons. The van der Waals surface area contributed by atoms with Crippen LogP contribution in [-0.2, 0) is 18.3 Å². The lowest BCUT2D eigenvalue weighted by Crippen LogP contribution is -2.33. The van der Waals surface area contributed by atoms with E-state index in [0.717, 1.165) is 12.8 Å². The van der Waals surface area contributed by atoms with Gasteiger partial charge in [0.05, 0.1) is 0 Å². The minimum absolute atomic E-state index is 0.129. The largest absolute Gasteiger partial charge is 0.462 e. The summed E-state index contributed by atoms with van der Waals surface area (Å²) in [4.78, 5) is 16.9. The Kier molecular flexibility index (Phi) is 4.16. The van der Waals surface area contributed by atoms with Gasteiger partial charge in [-0.05, 0) is 90.8 Å². The van der Waals surface area contributed by atoms with Crippen molar-refractivity contribution in [3.63, 3.8) is 0 Å². The molecule has 0 saturated carbocycles. The predicted octanol–water partition coefficient (Wildman–Crippen LogP) is 3.95. The Morgan fingerprint density at radius 2 is 1.88 bits per heavy atom. The van der Waals surface area contributed by atoms with E-state index in [2.05, 4.69) is 35.3 Å². The third-order valence-corrected chi connectivity index (χ3v) is 5.72. The monoisotopic (exact) mass is 346 g/mol. The van der Waals surface area contributed by atoms with Gasteiger partial charge in [-0.2, -0.15) is 0 Å². The molecule has 2 aromatic rings. The second-order valence-electron chi connectivity index (χ2n) is 7.56. The van der Waals surface area contributed by atoms with Gasteiger partial charge in [0.2, 0.25) is 0 Å². The highest BCUT2D eigenvalue weighted by molar-refractivity contribution is 6.04. The Bertz CT molecular complexity index is 888. The molecule has 4 nitrogen and oxygen atoms in total. The minimum atomic E-state index is -0.129. The smallest absolute Gasteiger partial charge is 0.256 e. The van der Waals surface area contributed by atoms with Crippen LogP contribution in [0.1, 0.15) is 65.2 Å². The number of hydrogen-bond donors (Lipinski definition) is 2. The van der Waals surface area contributed by atoms with Crippen LogP contribution in [0.15, 0.2) is 30.5 Å². The van der Waals surface area contributed by atoms with Crippen LogP contribution in [-0.4, -0.2) is 16.0 Å². The maximum atomic E-state index is 12.7. The number of aromatic nitrogens is 1. The highest BCUT2D eigenvalue weighted by Gasteiger charge is 2.36. The first-order chi connectivity index (χ1) is 12.6. The maximum Gasteiger partial charge on any atom is 0.256 e. The number of aliphatic hydroxyl groups is 1. The molecule has 4 heteroatoms. The zero-order chi connectivity index (χ0) is 18.1. The summed E-state index contributed by atoms with van der Waals surface area (Å²) in [7, 11) is 0. The van der Waals surface area contributed by atoms with Gasteiger partial charge in [-0.25, -0.2) is 4.98 Å². The molecule has 0 fully saturated rings. The van der Waals surface area contributed by atoms with Crippen LogP contribution in [0.25, 0.3) is 0 Å². The van der Waals surface area contributed by atoms with E-state index >= 15 is 0 Å². The maximum absolute atomic E-state index is 12.7. The molecule has 2 aliphatic carbocycles. The van der Waals surface area contributed by atoms with Crippen LogP contribution >= 0.6 is 0 Å². The molecule has 0 bridgehead atoms. The summed E-state index contributed by atoms with van der Waals surface area (Å²) in [5.74, 6) is 2.87. The summed E-state index contributed by atoms with van der Waals surface area (Å²) in [6.45, 7) is 2.38. The van der Waals surface area contributed by atoms with Crippen molar-refractivity contribution in [2.75, 3.05) is 5.32 Å². The van der Waals surface area contributed by atoms with E-state index in [1.807, 2.05) is 6.11 Å². The fraction of sp³-hybridized carbons (Fsp3) is 0.364. The van der Waals surface area contributed by atoms with Gasteiger partial charge in [-0.15, -0.1) is 0 Å². The zero-order valence-electron chi connectivity index (χ0n) is 14.9. The second-order valence-corrected chi connectivity index (χ2v) is 7.56. The van der Waals surface area contributed by atoms with Crippen LogP contribution in [0.2, 0.25) is 0 Å². The van der Waals surface area contributed by atoms with E-state index < -0.39 is 0 Å². The lowest BCUT2D eigenvalue weighted by atomic mass is 9.63. The van der Waals surface area contributed by atoms with E-state index in [1.165, 1.54) is 48.6 Å². The molecule has 132 valence electrons. The van der Waals surface area contributed by atoms with Crippen molar-refractivity contribution < 1.29 is 9.90 Å². The lowest BCUT2D eigenvalue weighted by molar-refractivity contribution is 0.102. The minimum Gasteiger partial charge on any atom is -0.462 e. The van der Waals surface area contributed by atoms with Gasteiger partial charge >= 0.3 is 0 Å². The number of anilines is 1. The van der Waals surface area contributed by atoms with Crippen molar-refractivity contribution >= 4 is 11.7 Å². The number of aryl methyl sites for hydroxylation is 2. The van der Waals surface area contributed by atoms with Crippen LogP contribution in [0.4, 0.5) is 5.82 Å². The molecular weight excluding hydrogens is 324 g/mol. The van der Waals surface area contributed by atoms with Crippen LogP contribution in [0.3, 0.4) is 0 Å². The van der Waals surface area contributed by atoms with E-state index in [9.17, 15) is 4.79 Å². The third-order valence-electron chi connectivity index (χ3n) is 5.72. The van der Waals surface area contributed by atoms with Crippen molar-refractivity contribution in [1.82, 2.24) is 4.98 Å². The Labute approximate surface area is 153 Å². The summed E-state index contributed by atoms with van der Waals surface area (Å²) in [6.07, 6.45) is 10.4. The molecule has 4 rings (SSSR count). The lowest BCUT2D eigenvalue weighted by Gasteiger charge is -2.41. The fourth-order valence-corrected chi connectivity index (χ4v) is 4.58. The summed E-state index contributed by atoms with van der Waals surface area (Å²) >= 11 is 0. The summed E-state index contributed by atoms with van der Waals surface area (Å²) in [6, 6.07) is 7.55. The number of amides is 1. The van der Waals surface area contributed by atoms with Gasteiger partial charge in [0.15, 0.2) is 0 Å². The highest BCUT2D eigenvalue weighted by Crippen LogP contribution is 2.46. The molecule has 0 unspecified atom stereocenters. The zero-order valence-corrected chi connectivity index (χ0v) is 14.9. The summed E-state index contributed by atoms with van der Waals surface area (Å²) in [5, 5.41) is 11.5. The number of pyridine rings is 1. The van der Waals surface area contributed by atoms with E-state index in [4.69, 9.17) is 5.11 Å². The first-order valence-electron chi connectivity index (χ1n) is 9.18. The Hall–Kier alpha value is -2.80. The molecule has 2 N–H and O–H groups in total. The average Bonchev–Trinajstić information content (AvgIpc) is 2.63. The first kappa shape index (κ1) is 16.7. The topological polar surface area (TPSA) is 62.2 Å². The number of nitrogens with one attached hydrogen (secondary N) is 1. The Morgan fingerprint density at radius 1 is 1.19 bits per heavy atom. The van der Waals surface area contributed by atoms with Crippen LogP contribution < -0.4 is 5.32 Å². The molecule has 0 spiro atoms. The predicted molar refractivity (Wildman–Crippen MR) is 101 cm³/mol. The van der Waals surface area contributed by atoms with E-state index in [0.29, 0.717) is 22.4 Å². The molecule has 0 aliphatic heterocycles. The summed E-state index contributed by atoms with van der Waals surface area (Å²) < 4.78 is 0. The molecule has 0 atom stereocenters. The van der Waals surface area contributed by atoms with E-state index in [-0.39, 0.29) is 5.91 Å². The standard InChI is InChI=1S/C22H22N2O2/c1-22-9-2-4-16-12-18(13-17(20(16)22)5-3-10-22)21(26)24-19-7-6-15(8-11-25)14-23-19/h6-7,12-14,25H,2-5,9-10H2,1H3,(H,23,24,26). The van der Waals surface area contributed by atoms with Gasteiger partial charge < -0.3 is 10.4 Å². The van der Waals surface area contributed by atoms with Gasteiger partial charge in [-0.1, -0.05) is 6.92 Å². The second kappa shape index (κ2) is 6.49. The molecule has 2 aliphatic rings. The number of carbonyl (C=O) groups is 1. The highest BCUT2D eigenvalue weighted by atomic mass is 16.2. The number of nitrogens with zero attached hydrogens (tertiary/aromatic N) is 1. The van der Waals surface area contributed by atoms with Gasteiger partial charge in [0, 0.05) is 17.3 Å². The van der Waals surface area contributed by atoms with Crippen molar-refractivity contribution in [2.24, 2.45) is 0 Å². The first-order valence-corrected chi connectivity index (χ1v) is 9.18. The number of rotatable bonds is 2.